The minimum atomic E-state index is -0.207. The summed E-state index contributed by atoms with van der Waals surface area (Å²) in [5.41, 5.74) is 4.12. The first-order valence-electron chi connectivity index (χ1n) is 13.6. The number of anilines is 5. The number of piperidine rings is 1. The monoisotopic (exact) mass is 513 g/mol. The maximum absolute atomic E-state index is 6.24. The Morgan fingerprint density at radius 1 is 1.05 bits per heavy atom. The van der Waals surface area contributed by atoms with Crippen molar-refractivity contribution in [2.24, 2.45) is 0 Å². The van der Waals surface area contributed by atoms with Crippen LogP contribution in [0.5, 0.6) is 0 Å². The molecule has 9 nitrogen and oxygen atoms in total. The number of ether oxygens (including phenoxy) is 2. The maximum Gasteiger partial charge on any atom is 0.229 e. The second-order valence-corrected chi connectivity index (χ2v) is 11.5. The highest BCUT2D eigenvalue weighted by Gasteiger charge is 2.48. The van der Waals surface area contributed by atoms with Crippen LogP contribution in [0.4, 0.5) is 29.0 Å². The van der Waals surface area contributed by atoms with E-state index in [1.807, 2.05) is 13.2 Å². The van der Waals surface area contributed by atoms with Crippen molar-refractivity contribution in [1.82, 2.24) is 20.3 Å². The van der Waals surface area contributed by atoms with Crippen molar-refractivity contribution in [3.05, 3.63) is 59.9 Å². The Morgan fingerprint density at radius 2 is 1.84 bits per heavy atom. The zero-order valence-corrected chi connectivity index (χ0v) is 22.2. The lowest BCUT2D eigenvalue weighted by molar-refractivity contribution is -0.133. The van der Waals surface area contributed by atoms with Crippen LogP contribution >= 0.6 is 0 Å². The molecule has 1 aromatic carbocycles. The van der Waals surface area contributed by atoms with E-state index in [9.17, 15) is 0 Å². The second-order valence-electron chi connectivity index (χ2n) is 11.5. The van der Waals surface area contributed by atoms with Gasteiger partial charge in [0.05, 0.1) is 30.1 Å². The predicted octanol–water partition coefficient (Wildman–Crippen LogP) is 4.11. The minimum absolute atomic E-state index is 0.207. The van der Waals surface area contributed by atoms with E-state index in [0.717, 1.165) is 54.6 Å². The van der Waals surface area contributed by atoms with Gasteiger partial charge in [-0.25, -0.2) is 9.97 Å². The molecule has 2 bridgehead atoms. The molecule has 0 radical (unpaired) electrons. The van der Waals surface area contributed by atoms with Crippen molar-refractivity contribution in [2.75, 3.05) is 41.9 Å². The first kappa shape index (κ1) is 23.8. The van der Waals surface area contributed by atoms with Gasteiger partial charge in [0, 0.05) is 61.1 Å². The number of rotatable bonds is 6. The molecule has 3 unspecified atom stereocenters. The fourth-order valence-electron chi connectivity index (χ4n) is 6.36. The van der Waals surface area contributed by atoms with E-state index >= 15 is 0 Å². The van der Waals surface area contributed by atoms with Crippen molar-refractivity contribution >= 4 is 29.0 Å². The third-order valence-electron chi connectivity index (χ3n) is 8.22. The Balaban J connectivity index is 1.17. The van der Waals surface area contributed by atoms with Crippen molar-refractivity contribution in [3.8, 4) is 0 Å². The van der Waals surface area contributed by atoms with Crippen molar-refractivity contribution in [1.29, 1.82) is 0 Å². The molecule has 7 heterocycles. The molecule has 198 valence electrons. The summed E-state index contributed by atoms with van der Waals surface area (Å²) in [5, 5.41) is 6.64. The molecular formula is C29H35N7O2. The van der Waals surface area contributed by atoms with Gasteiger partial charge in [-0.3, -0.25) is 0 Å². The van der Waals surface area contributed by atoms with Gasteiger partial charge in [0.25, 0.3) is 0 Å². The van der Waals surface area contributed by atoms with Crippen LogP contribution in [0, 0.1) is 0 Å². The Bertz CT molecular complexity index is 1310. The average Bonchev–Trinajstić information content (AvgIpc) is 3.20. The molecule has 0 aliphatic carbocycles. The summed E-state index contributed by atoms with van der Waals surface area (Å²) < 4.78 is 12.0. The van der Waals surface area contributed by atoms with E-state index in [0.29, 0.717) is 24.8 Å². The van der Waals surface area contributed by atoms with Crippen LogP contribution < -0.4 is 20.4 Å². The fourth-order valence-corrected chi connectivity index (χ4v) is 6.36. The number of benzene rings is 1. The summed E-state index contributed by atoms with van der Waals surface area (Å²) in [6.07, 6.45) is 4.84. The molecule has 2 aromatic heterocycles. The number of hydrogen-bond donors (Lipinski definition) is 2. The highest BCUT2D eigenvalue weighted by molar-refractivity contribution is 5.69. The Labute approximate surface area is 223 Å². The number of pyridine rings is 1. The van der Waals surface area contributed by atoms with Gasteiger partial charge < -0.3 is 29.9 Å². The van der Waals surface area contributed by atoms with Crippen LogP contribution in [0.1, 0.15) is 43.9 Å². The summed E-state index contributed by atoms with van der Waals surface area (Å²) >= 11 is 0. The van der Waals surface area contributed by atoms with Crippen molar-refractivity contribution in [2.45, 2.75) is 63.0 Å². The highest BCUT2D eigenvalue weighted by atomic mass is 16.5. The van der Waals surface area contributed by atoms with Crippen LogP contribution in [-0.4, -0.2) is 65.5 Å². The lowest BCUT2D eigenvalue weighted by atomic mass is 9.85. The smallest absolute Gasteiger partial charge is 0.229 e. The number of nitrogens with one attached hydrogen (secondary N) is 2. The van der Waals surface area contributed by atoms with Gasteiger partial charge in [-0.05, 0) is 63.7 Å². The Hall–Kier alpha value is -3.27. The molecule has 5 aliphatic heterocycles. The fraction of sp³-hybridized carbons (Fsp3) is 0.483. The molecule has 8 rings (SSSR count). The molecule has 4 saturated heterocycles. The molecule has 5 aliphatic rings. The maximum atomic E-state index is 6.24. The summed E-state index contributed by atoms with van der Waals surface area (Å²) in [7, 11) is 1.94. The lowest BCUT2D eigenvalue weighted by Crippen LogP contribution is -2.57. The Morgan fingerprint density at radius 3 is 2.61 bits per heavy atom. The normalized spacial score (nSPS) is 26.9. The highest BCUT2D eigenvalue weighted by Crippen LogP contribution is 2.49. The molecule has 0 saturated carbocycles. The largest absolute Gasteiger partial charge is 0.375 e. The first-order chi connectivity index (χ1) is 18.5. The predicted molar refractivity (Wildman–Crippen MR) is 148 cm³/mol. The van der Waals surface area contributed by atoms with Crippen LogP contribution in [0.15, 0.2) is 48.7 Å². The Kier molecular flexibility index (Phi) is 5.76. The van der Waals surface area contributed by atoms with Gasteiger partial charge in [-0.1, -0.05) is 6.07 Å². The molecule has 0 amide bonds. The van der Waals surface area contributed by atoms with Gasteiger partial charge in [-0.15, -0.1) is 0 Å². The van der Waals surface area contributed by atoms with Gasteiger partial charge in [0.1, 0.15) is 11.6 Å². The third-order valence-corrected chi connectivity index (χ3v) is 8.22. The topological polar surface area (TPSA) is 87.7 Å². The average molecular weight is 514 g/mol. The molecule has 0 spiro atoms. The molecule has 38 heavy (non-hydrogen) atoms. The first-order valence-corrected chi connectivity index (χ1v) is 13.6. The van der Waals surface area contributed by atoms with E-state index < -0.39 is 0 Å². The van der Waals surface area contributed by atoms with Gasteiger partial charge in [0.15, 0.2) is 0 Å². The summed E-state index contributed by atoms with van der Waals surface area (Å²) in [6, 6.07) is 15.0. The molecule has 4 atom stereocenters. The zero-order chi connectivity index (χ0) is 25.9. The quantitative estimate of drug-likeness (QED) is 0.505. The van der Waals surface area contributed by atoms with Gasteiger partial charge in [0.2, 0.25) is 5.95 Å². The number of aromatic nitrogens is 3. The number of fused-ring (bicyclic) bond motifs is 5. The molecule has 9 heteroatoms. The summed E-state index contributed by atoms with van der Waals surface area (Å²) in [4.78, 5) is 19.5. The third kappa shape index (κ3) is 4.28. The van der Waals surface area contributed by atoms with E-state index in [-0.39, 0.29) is 17.6 Å². The van der Waals surface area contributed by atoms with Crippen LogP contribution in [0.25, 0.3) is 0 Å². The molecule has 3 aromatic rings. The van der Waals surface area contributed by atoms with Crippen molar-refractivity contribution < 1.29 is 9.47 Å². The molecular weight excluding hydrogens is 478 g/mol. The SMILES string of the molecule is CNCc1cccc(N2c3nc(Nc4ccc(N5CC6C[C@@H](C5)O6)cc4)ncc3C3COC(C)(C)CC32)n1. The van der Waals surface area contributed by atoms with Crippen molar-refractivity contribution in [3.63, 3.8) is 0 Å². The van der Waals surface area contributed by atoms with E-state index in [4.69, 9.17) is 24.4 Å². The number of morpholine rings is 1. The van der Waals surface area contributed by atoms with Crippen LogP contribution in [-0.2, 0) is 16.0 Å². The van der Waals surface area contributed by atoms with Crippen LogP contribution in [0.3, 0.4) is 0 Å². The summed E-state index contributed by atoms with van der Waals surface area (Å²) in [6.45, 7) is 7.64. The summed E-state index contributed by atoms with van der Waals surface area (Å²) in [5.74, 6) is 2.62. The van der Waals surface area contributed by atoms with E-state index in [2.05, 4.69) is 76.7 Å². The minimum Gasteiger partial charge on any atom is -0.375 e. The van der Waals surface area contributed by atoms with Crippen LogP contribution in [0.2, 0.25) is 0 Å². The molecule has 2 N–H and O–H groups in total. The van der Waals surface area contributed by atoms with Gasteiger partial charge >= 0.3 is 0 Å². The van der Waals surface area contributed by atoms with E-state index in [1.165, 1.54) is 12.1 Å². The molecule has 4 fully saturated rings. The van der Waals surface area contributed by atoms with E-state index in [1.54, 1.807) is 0 Å². The standard InChI is InChI=1S/C29H35N7O2/c1-29(2)12-25-24(17-37-29)23-14-31-28(34-27(23)36(25)26-6-4-5-19(32-26)13-30-3)33-18-7-9-20(10-8-18)35-15-21-11-22(16-35)38-21/h4-10,14,21-22,24-25,30H,11-13,15-17H2,1-3H3,(H,31,33,34)/t21-,22?,24?,25?/m0/s1. The van der Waals surface area contributed by atoms with Gasteiger partial charge in [-0.2, -0.15) is 4.98 Å². The second kappa shape index (κ2) is 9.18. The number of hydrogen-bond acceptors (Lipinski definition) is 9. The number of nitrogens with zero attached hydrogens (tertiary/aromatic N) is 5. The zero-order valence-electron chi connectivity index (χ0n) is 22.2. The lowest BCUT2D eigenvalue weighted by Gasteiger charge is -2.48.